The molecule has 11 aromatic rings. The van der Waals surface area contributed by atoms with Gasteiger partial charge in [0.05, 0.1) is 16.7 Å². The van der Waals surface area contributed by atoms with Gasteiger partial charge in [-0.05, 0) is 107 Å². The van der Waals surface area contributed by atoms with Crippen LogP contribution in [-0.4, -0.2) is 4.57 Å². The molecule has 58 heavy (non-hydrogen) atoms. The minimum atomic E-state index is -0.250. The standard InChI is InChI=1S/C54H35FN2S/c55-40-27-34-47-46-14-5-8-18-50(46)57(51(47)35-40)49-17-7-4-13-44(49)38-23-30-42(31-24-38)56(41-28-21-37(22-29-41)36-11-2-1-3-12-36)43-32-25-39(26-33-43)45-16-10-20-53-54(45)48-15-6-9-19-52(48)58-53/h1-35H. The minimum Gasteiger partial charge on any atom is -0.311 e. The molecule has 274 valence electrons. The molecule has 0 saturated heterocycles. The van der Waals surface area contributed by atoms with E-state index in [4.69, 9.17) is 0 Å². The van der Waals surface area contributed by atoms with E-state index in [9.17, 15) is 4.39 Å². The number of para-hydroxylation sites is 2. The molecule has 0 fully saturated rings. The molecule has 0 aliphatic carbocycles. The molecule has 0 aliphatic rings. The molecule has 0 radical (unpaired) electrons. The first kappa shape index (κ1) is 34.0. The Kier molecular flexibility index (Phi) is 8.23. The molecule has 0 aliphatic heterocycles. The zero-order valence-corrected chi connectivity index (χ0v) is 32.2. The molecule has 0 unspecified atom stereocenters. The van der Waals surface area contributed by atoms with Gasteiger partial charge in [0, 0.05) is 53.6 Å². The summed E-state index contributed by atoms with van der Waals surface area (Å²) in [5.74, 6) is -0.250. The minimum absolute atomic E-state index is 0.250. The van der Waals surface area contributed by atoms with Crippen LogP contribution in [0.4, 0.5) is 21.5 Å². The summed E-state index contributed by atoms with van der Waals surface area (Å²) in [5, 5.41) is 4.74. The molecule has 0 amide bonds. The average Bonchev–Trinajstić information content (AvgIpc) is 3.83. The molecule has 0 atom stereocenters. The van der Waals surface area contributed by atoms with Gasteiger partial charge in [-0.25, -0.2) is 4.39 Å². The maximum atomic E-state index is 14.8. The van der Waals surface area contributed by atoms with Crippen molar-refractivity contribution >= 4 is 70.4 Å². The van der Waals surface area contributed by atoms with Crippen LogP contribution in [0, 0.1) is 5.82 Å². The summed E-state index contributed by atoms with van der Waals surface area (Å²) in [6.07, 6.45) is 0. The number of fused-ring (bicyclic) bond motifs is 6. The number of hydrogen-bond acceptors (Lipinski definition) is 2. The van der Waals surface area contributed by atoms with E-state index in [2.05, 4.69) is 191 Å². The number of nitrogens with zero attached hydrogens (tertiary/aromatic N) is 2. The summed E-state index contributed by atoms with van der Waals surface area (Å²) in [7, 11) is 0. The van der Waals surface area contributed by atoms with Crippen LogP contribution in [0.15, 0.2) is 212 Å². The predicted octanol–water partition coefficient (Wildman–Crippen LogP) is 15.8. The van der Waals surface area contributed by atoms with Crippen LogP contribution in [0.25, 0.3) is 81.0 Å². The maximum absolute atomic E-state index is 14.8. The quantitative estimate of drug-likeness (QED) is 0.157. The van der Waals surface area contributed by atoms with Gasteiger partial charge in [-0.1, -0.05) is 133 Å². The lowest BCUT2D eigenvalue weighted by atomic mass is 9.99. The Morgan fingerprint density at radius 3 is 1.66 bits per heavy atom. The van der Waals surface area contributed by atoms with Crippen LogP contribution >= 0.6 is 11.3 Å². The van der Waals surface area contributed by atoms with Crippen LogP contribution in [0.2, 0.25) is 0 Å². The van der Waals surface area contributed by atoms with Gasteiger partial charge in [0.25, 0.3) is 0 Å². The van der Waals surface area contributed by atoms with E-state index in [1.165, 1.54) is 42.4 Å². The first-order valence-corrected chi connectivity index (χ1v) is 20.3. The Morgan fingerprint density at radius 2 is 0.914 bits per heavy atom. The Morgan fingerprint density at radius 1 is 0.379 bits per heavy atom. The van der Waals surface area contributed by atoms with E-state index < -0.39 is 0 Å². The van der Waals surface area contributed by atoms with Gasteiger partial charge < -0.3 is 9.47 Å². The maximum Gasteiger partial charge on any atom is 0.125 e. The van der Waals surface area contributed by atoms with Gasteiger partial charge in [0.1, 0.15) is 5.82 Å². The fourth-order valence-electron chi connectivity index (χ4n) is 8.59. The molecule has 9 aromatic carbocycles. The lowest BCUT2D eigenvalue weighted by Gasteiger charge is -2.26. The number of thiophene rings is 1. The van der Waals surface area contributed by atoms with Gasteiger partial charge in [-0.15, -0.1) is 11.3 Å². The van der Waals surface area contributed by atoms with Crippen molar-refractivity contribution in [2.24, 2.45) is 0 Å². The fraction of sp³-hybridized carbons (Fsp3) is 0. The summed E-state index contributed by atoms with van der Waals surface area (Å²) in [5.41, 5.74) is 13.0. The fourth-order valence-corrected chi connectivity index (χ4v) is 9.72. The normalized spacial score (nSPS) is 11.5. The molecular formula is C54H35FN2S. The van der Waals surface area contributed by atoms with Gasteiger partial charge in [-0.2, -0.15) is 0 Å². The third kappa shape index (κ3) is 5.77. The Labute approximate surface area is 339 Å². The summed E-state index contributed by atoms with van der Waals surface area (Å²) in [6.45, 7) is 0. The average molecular weight is 763 g/mol. The molecule has 4 heteroatoms. The van der Waals surface area contributed by atoms with Crippen LogP contribution in [-0.2, 0) is 0 Å². The van der Waals surface area contributed by atoms with E-state index in [0.29, 0.717) is 0 Å². The Bertz CT molecular complexity index is 3270. The number of hydrogen-bond donors (Lipinski definition) is 0. The van der Waals surface area contributed by atoms with Crippen molar-refractivity contribution in [2.75, 3.05) is 4.90 Å². The molecule has 2 nitrogen and oxygen atoms in total. The SMILES string of the molecule is Fc1ccc2c3ccccc3n(-c3ccccc3-c3ccc(N(c4ccc(-c5ccccc5)cc4)c4ccc(-c5cccc6sc7ccccc7c56)cc4)cc3)c2c1. The van der Waals surface area contributed by atoms with Crippen molar-refractivity contribution in [1.29, 1.82) is 0 Å². The lowest BCUT2D eigenvalue weighted by Crippen LogP contribution is -2.09. The number of halogens is 1. The highest BCUT2D eigenvalue weighted by Gasteiger charge is 2.18. The van der Waals surface area contributed by atoms with Gasteiger partial charge >= 0.3 is 0 Å². The highest BCUT2D eigenvalue weighted by Crippen LogP contribution is 2.43. The zero-order valence-electron chi connectivity index (χ0n) is 31.4. The number of anilines is 3. The van der Waals surface area contributed by atoms with E-state index in [1.807, 2.05) is 29.5 Å². The number of aromatic nitrogens is 1. The van der Waals surface area contributed by atoms with E-state index in [-0.39, 0.29) is 5.82 Å². The second kappa shape index (κ2) is 14.0. The highest BCUT2D eigenvalue weighted by atomic mass is 32.1. The number of rotatable bonds is 7. The largest absolute Gasteiger partial charge is 0.311 e. The van der Waals surface area contributed by atoms with Crippen molar-refractivity contribution in [1.82, 2.24) is 4.57 Å². The number of benzene rings is 9. The van der Waals surface area contributed by atoms with E-state index in [1.54, 1.807) is 12.1 Å². The van der Waals surface area contributed by atoms with Crippen molar-refractivity contribution in [3.63, 3.8) is 0 Å². The van der Waals surface area contributed by atoms with Crippen molar-refractivity contribution in [3.05, 3.63) is 218 Å². The van der Waals surface area contributed by atoms with Crippen LogP contribution in [0.1, 0.15) is 0 Å². The highest BCUT2D eigenvalue weighted by molar-refractivity contribution is 7.25. The van der Waals surface area contributed by atoms with Crippen molar-refractivity contribution in [2.45, 2.75) is 0 Å². The van der Waals surface area contributed by atoms with E-state index in [0.717, 1.165) is 55.7 Å². The first-order valence-electron chi connectivity index (χ1n) is 19.5. The molecule has 2 heterocycles. The zero-order chi connectivity index (χ0) is 38.6. The molecule has 0 bridgehead atoms. The molecular weight excluding hydrogens is 728 g/mol. The van der Waals surface area contributed by atoms with Crippen molar-refractivity contribution < 1.29 is 4.39 Å². The lowest BCUT2D eigenvalue weighted by molar-refractivity contribution is 0.629. The van der Waals surface area contributed by atoms with Gasteiger partial charge in [0.2, 0.25) is 0 Å². The monoisotopic (exact) mass is 762 g/mol. The molecule has 2 aromatic heterocycles. The summed E-state index contributed by atoms with van der Waals surface area (Å²) in [4.78, 5) is 2.32. The topological polar surface area (TPSA) is 8.17 Å². The molecule has 0 spiro atoms. The second-order valence-electron chi connectivity index (χ2n) is 14.7. The second-order valence-corrected chi connectivity index (χ2v) is 15.7. The van der Waals surface area contributed by atoms with Crippen molar-refractivity contribution in [3.8, 4) is 39.1 Å². The third-order valence-electron chi connectivity index (χ3n) is 11.3. The van der Waals surface area contributed by atoms with Crippen LogP contribution in [0.3, 0.4) is 0 Å². The summed E-state index contributed by atoms with van der Waals surface area (Å²) < 4.78 is 19.6. The van der Waals surface area contributed by atoms with Crippen LogP contribution < -0.4 is 4.90 Å². The first-order chi connectivity index (χ1) is 28.7. The molecule has 0 saturated carbocycles. The molecule has 11 rings (SSSR count). The van der Waals surface area contributed by atoms with E-state index >= 15 is 0 Å². The predicted molar refractivity (Wildman–Crippen MR) is 245 cm³/mol. The summed E-state index contributed by atoms with van der Waals surface area (Å²) >= 11 is 1.85. The van der Waals surface area contributed by atoms with Gasteiger partial charge in [-0.3, -0.25) is 0 Å². The summed E-state index contributed by atoms with van der Waals surface area (Å²) in [6, 6.07) is 74.2. The van der Waals surface area contributed by atoms with Crippen LogP contribution in [0.5, 0.6) is 0 Å². The molecule has 0 N–H and O–H groups in total. The Hall–Kier alpha value is -7.27. The third-order valence-corrected chi connectivity index (χ3v) is 12.4. The van der Waals surface area contributed by atoms with Gasteiger partial charge in [0.15, 0.2) is 0 Å². The smallest absolute Gasteiger partial charge is 0.125 e. The Balaban J connectivity index is 1.01.